The summed E-state index contributed by atoms with van der Waals surface area (Å²) in [6, 6.07) is 11.3. The Bertz CT molecular complexity index is 986. The maximum atomic E-state index is 12.7. The van der Waals surface area contributed by atoms with E-state index in [9.17, 15) is 13.2 Å². The molecule has 0 saturated carbocycles. The van der Waals surface area contributed by atoms with Gasteiger partial charge < -0.3 is 5.32 Å². The van der Waals surface area contributed by atoms with Crippen LogP contribution in [0.3, 0.4) is 0 Å². The second kappa shape index (κ2) is 8.88. The van der Waals surface area contributed by atoms with Crippen LogP contribution in [0.1, 0.15) is 35.4 Å². The Morgan fingerprint density at radius 1 is 1.14 bits per heavy atom. The van der Waals surface area contributed by atoms with Gasteiger partial charge in [-0.1, -0.05) is 30.3 Å². The van der Waals surface area contributed by atoms with E-state index in [1.165, 1.54) is 9.71 Å². The fourth-order valence-corrected chi connectivity index (χ4v) is 4.85. The number of piperidine rings is 1. The first-order valence-electron chi connectivity index (χ1n) is 9.75. The summed E-state index contributed by atoms with van der Waals surface area (Å²) in [6.07, 6.45) is 2.60. The van der Waals surface area contributed by atoms with Crippen molar-refractivity contribution in [3.05, 3.63) is 64.3 Å². The maximum absolute atomic E-state index is 12.7. The Hall–Kier alpha value is -2.51. The van der Waals surface area contributed by atoms with Crippen LogP contribution in [0.2, 0.25) is 0 Å². The van der Waals surface area contributed by atoms with Gasteiger partial charge in [0.1, 0.15) is 0 Å². The van der Waals surface area contributed by atoms with Crippen molar-refractivity contribution in [2.75, 3.05) is 18.4 Å². The van der Waals surface area contributed by atoms with E-state index in [0.717, 1.165) is 28.2 Å². The first-order valence-corrected chi connectivity index (χ1v) is 11.3. The van der Waals surface area contributed by atoms with Gasteiger partial charge in [-0.15, -0.1) is 0 Å². The number of benzene rings is 1. The molecule has 1 amide bonds. The van der Waals surface area contributed by atoms with E-state index in [1.807, 2.05) is 57.2 Å². The van der Waals surface area contributed by atoms with Crippen LogP contribution in [-0.4, -0.2) is 36.7 Å². The van der Waals surface area contributed by atoms with E-state index in [0.29, 0.717) is 25.9 Å². The third-order valence-corrected chi connectivity index (χ3v) is 6.76. The molecule has 0 bridgehead atoms. The summed E-state index contributed by atoms with van der Waals surface area (Å²) in [5.41, 5.74) is 4.28. The first kappa shape index (κ1) is 21.2. The van der Waals surface area contributed by atoms with Crippen LogP contribution in [0.5, 0.6) is 0 Å². The monoisotopic (exact) mass is 413 g/mol. The number of rotatable bonds is 5. The summed E-state index contributed by atoms with van der Waals surface area (Å²) in [5, 5.41) is 4.24. The number of amides is 1. The predicted molar refractivity (Wildman–Crippen MR) is 116 cm³/mol. The molecule has 1 aliphatic rings. The molecule has 0 aliphatic carbocycles. The highest BCUT2D eigenvalue weighted by Crippen LogP contribution is 2.25. The lowest BCUT2D eigenvalue weighted by molar-refractivity contribution is -0.120. The maximum Gasteiger partial charge on any atom is 0.236 e. The van der Waals surface area contributed by atoms with Crippen molar-refractivity contribution in [1.82, 2.24) is 9.29 Å². The molecule has 0 unspecified atom stereocenters. The van der Waals surface area contributed by atoms with Crippen LogP contribution in [0.25, 0.3) is 6.08 Å². The zero-order valence-corrected chi connectivity index (χ0v) is 17.9. The van der Waals surface area contributed by atoms with Gasteiger partial charge in [-0.3, -0.25) is 9.78 Å². The number of carbonyl (C=O) groups excluding carboxylic acids is 1. The molecule has 1 aromatic heterocycles. The van der Waals surface area contributed by atoms with E-state index in [4.69, 9.17) is 0 Å². The number of aromatic nitrogens is 1. The molecule has 2 heterocycles. The lowest BCUT2D eigenvalue weighted by Crippen LogP contribution is -2.40. The standard InChI is InChI=1S/C22H27N3O3S/c1-16-15-17(2)23-18(3)21(16)24-22(26)20-9-12-25(13-10-20)29(27,28)14-11-19-7-5-4-6-8-19/h4-8,11,14-15,20H,9-10,12-13H2,1-3H3,(H,24,26)/b14-11+. The Morgan fingerprint density at radius 2 is 1.79 bits per heavy atom. The highest BCUT2D eigenvalue weighted by atomic mass is 32.2. The van der Waals surface area contributed by atoms with Gasteiger partial charge in [0.2, 0.25) is 15.9 Å². The Morgan fingerprint density at radius 3 is 2.41 bits per heavy atom. The van der Waals surface area contributed by atoms with Gasteiger partial charge in [0.25, 0.3) is 0 Å². The van der Waals surface area contributed by atoms with E-state index in [-0.39, 0.29) is 11.8 Å². The highest BCUT2D eigenvalue weighted by molar-refractivity contribution is 7.92. The SMILES string of the molecule is Cc1cc(C)c(NC(=O)C2CCN(S(=O)(=O)/C=C/c3ccccc3)CC2)c(C)n1. The van der Waals surface area contributed by atoms with Gasteiger partial charge >= 0.3 is 0 Å². The highest BCUT2D eigenvalue weighted by Gasteiger charge is 2.30. The number of carbonyl (C=O) groups is 1. The third-order valence-electron chi connectivity index (χ3n) is 5.19. The molecule has 0 radical (unpaired) electrons. The molecule has 154 valence electrons. The van der Waals surface area contributed by atoms with Crippen LogP contribution in [0.4, 0.5) is 5.69 Å². The van der Waals surface area contributed by atoms with Crippen LogP contribution in [0.15, 0.2) is 41.8 Å². The van der Waals surface area contributed by atoms with Crippen LogP contribution < -0.4 is 5.32 Å². The number of anilines is 1. The van der Waals surface area contributed by atoms with Gasteiger partial charge in [-0.2, -0.15) is 4.31 Å². The van der Waals surface area contributed by atoms with Crippen molar-refractivity contribution in [1.29, 1.82) is 0 Å². The fourth-order valence-electron chi connectivity index (χ4n) is 3.63. The van der Waals surface area contributed by atoms with E-state index >= 15 is 0 Å². The number of aryl methyl sites for hydroxylation is 3. The van der Waals surface area contributed by atoms with E-state index in [1.54, 1.807) is 6.08 Å². The molecular weight excluding hydrogens is 386 g/mol. The minimum atomic E-state index is -3.50. The Labute approximate surface area is 172 Å². The summed E-state index contributed by atoms with van der Waals surface area (Å²) in [7, 11) is -3.50. The number of hydrogen-bond donors (Lipinski definition) is 1. The van der Waals surface area contributed by atoms with Crippen molar-refractivity contribution in [2.24, 2.45) is 5.92 Å². The van der Waals surface area contributed by atoms with Crippen molar-refractivity contribution in [2.45, 2.75) is 33.6 Å². The van der Waals surface area contributed by atoms with E-state index in [2.05, 4.69) is 10.3 Å². The minimum Gasteiger partial charge on any atom is -0.324 e. The normalized spacial score (nSPS) is 16.2. The lowest BCUT2D eigenvalue weighted by Gasteiger charge is -2.29. The number of hydrogen-bond acceptors (Lipinski definition) is 4. The van der Waals surface area contributed by atoms with E-state index < -0.39 is 10.0 Å². The second-order valence-corrected chi connectivity index (χ2v) is 9.28. The number of pyridine rings is 1. The molecule has 1 N–H and O–H groups in total. The molecule has 7 heteroatoms. The molecule has 1 aromatic carbocycles. The summed E-state index contributed by atoms with van der Waals surface area (Å²) in [4.78, 5) is 17.1. The van der Waals surface area contributed by atoms with Crippen molar-refractivity contribution >= 4 is 27.7 Å². The molecular formula is C22H27N3O3S. The first-order chi connectivity index (χ1) is 13.8. The minimum absolute atomic E-state index is 0.0706. The topological polar surface area (TPSA) is 79.4 Å². The zero-order valence-electron chi connectivity index (χ0n) is 17.1. The number of sulfonamides is 1. The van der Waals surface area contributed by atoms with Gasteiger partial charge in [0.05, 0.1) is 11.4 Å². The Balaban J connectivity index is 1.60. The molecule has 1 saturated heterocycles. The average molecular weight is 414 g/mol. The Kier molecular flexibility index (Phi) is 6.49. The second-order valence-electron chi connectivity index (χ2n) is 7.46. The van der Waals surface area contributed by atoms with Gasteiger partial charge in [-0.05, 0) is 56.9 Å². The summed E-state index contributed by atoms with van der Waals surface area (Å²) >= 11 is 0. The lowest BCUT2D eigenvalue weighted by atomic mass is 9.97. The molecule has 1 fully saturated rings. The van der Waals surface area contributed by atoms with Gasteiger partial charge in [0.15, 0.2) is 0 Å². The van der Waals surface area contributed by atoms with Gasteiger partial charge in [-0.25, -0.2) is 8.42 Å². The van der Waals surface area contributed by atoms with Crippen molar-refractivity contribution in [3.8, 4) is 0 Å². The summed E-state index contributed by atoms with van der Waals surface area (Å²) in [5.74, 6) is -0.279. The summed E-state index contributed by atoms with van der Waals surface area (Å²) in [6.45, 7) is 6.43. The average Bonchev–Trinajstić information content (AvgIpc) is 2.70. The molecule has 1 aliphatic heterocycles. The van der Waals surface area contributed by atoms with Crippen LogP contribution >= 0.6 is 0 Å². The zero-order chi connectivity index (χ0) is 21.0. The molecule has 29 heavy (non-hydrogen) atoms. The largest absolute Gasteiger partial charge is 0.324 e. The quantitative estimate of drug-likeness (QED) is 0.811. The van der Waals surface area contributed by atoms with Gasteiger partial charge in [0, 0.05) is 30.1 Å². The fraction of sp³-hybridized carbons (Fsp3) is 0.364. The molecule has 0 spiro atoms. The molecule has 2 aromatic rings. The molecule has 0 atom stereocenters. The predicted octanol–water partition coefficient (Wildman–Crippen LogP) is 3.66. The number of nitrogens with one attached hydrogen (secondary N) is 1. The van der Waals surface area contributed by atoms with Crippen LogP contribution in [-0.2, 0) is 14.8 Å². The van der Waals surface area contributed by atoms with Crippen LogP contribution in [0, 0.1) is 26.7 Å². The summed E-state index contributed by atoms with van der Waals surface area (Å²) < 4.78 is 26.6. The smallest absolute Gasteiger partial charge is 0.236 e. The van der Waals surface area contributed by atoms with Crippen molar-refractivity contribution < 1.29 is 13.2 Å². The third kappa shape index (κ3) is 5.31. The number of nitrogens with zero attached hydrogens (tertiary/aromatic N) is 2. The van der Waals surface area contributed by atoms with Crippen molar-refractivity contribution in [3.63, 3.8) is 0 Å². The molecule has 3 rings (SSSR count). The molecule has 6 nitrogen and oxygen atoms in total.